The highest BCUT2D eigenvalue weighted by atomic mass is 16.6. The number of aromatic amines is 1. The molecule has 1 aromatic heterocycles. The zero-order chi connectivity index (χ0) is 15.5. The molecule has 0 bridgehead atoms. The second kappa shape index (κ2) is 6.30. The lowest BCUT2D eigenvalue weighted by atomic mass is 10.2. The first-order valence-corrected chi connectivity index (χ1v) is 7.22. The van der Waals surface area contributed by atoms with Gasteiger partial charge in [0.15, 0.2) is 5.78 Å². The van der Waals surface area contributed by atoms with Crippen molar-refractivity contribution >= 4 is 11.9 Å². The normalized spacial score (nSPS) is 19.5. The average molecular weight is 293 g/mol. The summed E-state index contributed by atoms with van der Waals surface area (Å²) in [5.74, 6) is 0.0675. The topological polar surface area (TPSA) is 74.4 Å². The van der Waals surface area contributed by atoms with Crippen LogP contribution in [-0.2, 0) is 4.74 Å². The van der Waals surface area contributed by atoms with Crippen molar-refractivity contribution in [1.29, 1.82) is 0 Å². The van der Waals surface area contributed by atoms with Gasteiger partial charge in [0, 0.05) is 25.3 Å². The Morgan fingerprint density at radius 3 is 2.86 bits per heavy atom. The van der Waals surface area contributed by atoms with Crippen LogP contribution in [0.2, 0.25) is 0 Å². The van der Waals surface area contributed by atoms with Gasteiger partial charge in [-0.15, -0.1) is 0 Å². The van der Waals surface area contributed by atoms with Gasteiger partial charge < -0.3 is 15.0 Å². The highest BCUT2D eigenvalue weighted by Gasteiger charge is 2.27. The molecule has 116 valence electrons. The Morgan fingerprint density at radius 2 is 2.24 bits per heavy atom. The maximum atomic E-state index is 12.0. The molecule has 1 aliphatic rings. The Hall–Kier alpha value is -1.82. The summed E-state index contributed by atoms with van der Waals surface area (Å²) >= 11 is 0. The third-order valence-electron chi connectivity index (χ3n) is 3.26. The first-order chi connectivity index (χ1) is 9.83. The number of ketones is 1. The second-order valence-corrected chi connectivity index (χ2v) is 6.37. The van der Waals surface area contributed by atoms with Crippen molar-refractivity contribution in [3.63, 3.8) is 0 Å². The second-order valence-electron chi connectivity index (χ2n) is 6.37. The quantitative estimate of drug-likeness (QED) is 0.830. The number of alkyl carbamates (subject to hydrolysis) is 1. The zero-order valence-electron chi connectivity index (χ0n) is 12.8. The lowest BCUT2D eigenvalue weighted by Crippen LogP contribution is -2.41. The minimum absolute atomic E-state index is 0.0382. The molecule has 1 aliphatic heterocycles. The summed E-state index contributed by atoms with van der Waals surface area (Å²) in [5, 5.41) is 2.85. The molecule has 0 saturated carbocycles. The Bertz CT molecular complexity index is 491. The largest absolute Gasteiger partial charge is 0.444 e. The number of aromatic nitrogens is 1. The smallest absolute Gasteiger partial charge is 0.407 e. The Balaban J connectivity index is 1.76. The van der Waals surface area contributed by atoms with Gasteiger partial charge in [0.2, 0.25) is 0 Å². The van der Waals surface area contributed by atoms with Gasteiger partial charge in [-0.1, -0.05) is 0 Å². The highest BCUT2D eigenvalue weighted by molar-refractivity contribution is 5.95. The first kappa shape index (κ1) is 15.6. The van der Waals surface area contributed by atoms with Gasteiger partial charge in [-0.3, -0.25) is 9.69 Å². The Morgan fingerprint density at radius 1 is 1.48 bits per heavy atom. The van der Waals surface area contributed by atoms with E-state index in [0.717, 1.165) is 13.0 Å². The first-order valence-electron chi connectivity index (χ1n) is 7.22. The number of hydrogen-bond acceptors (Lipinski definition) is 4. The van der Waals surface area contributed by atoms with Crippen LogP contribution in [0.4, 0.5) is 4.79 Å². The molecular formula is C15H23N3O3. The third-order valence-corrected chi connectivity index (χ3v) is 3.26. The van der Waals surface area contributed by atoms with Crippen LogP contribution in [0.1, 0.15) is 37.7 Å². The molecule has 1 fully saturated rings. The molecule has 6 heteroatoms. The molecule has 0 aliphatic carbocycles. The number of carbonyl (C=O) groups excluding carboxylic acids is 2. The number of carbonyl (C=O) groups is 2. The lowest BCUT2D eigenvalue weighted by Gasteiger charge is -2.22. The van der Waals surface area contributed by atoms with Gasteiger partial charge in [0.1, 0.15) is 5.60 Å². The summed E-state index contributed by atoms with van der Waals surface area (Å²) < 4.78 is 5.23. The molecule has 0 unspecified atom stereocenters. The van der Waals surface area contributed by atoms with Crippen LogP contribution in [0.25, 0.3) is 0 Å². The van der Waals surface area contributed by atoms with Gasteiger partial charge in [0.05, 0.1) is 12.2 Å². The van der Waals surface area contributed by atoms with Gasteiger partial charge in [-0.25, -0.2) is 4.79 Å². The molecule has 2 N–H and O–H groups in total. The number of nitrogens with one attached hydrogen (secondary N) is 2. The van der Waals surface area contributed by atoms with Crippen LogP contribution >= 0.6 is 0 Å². The summed E-state index contributed by atoms with van der Waals surface area (Å²) in [6.07, 6.45) is 2.17. The van der Waals surface area contributed by atoms with Crippen LogP contribution in [0.3, 0.4) is 0 Å². The van der Waals surface area contributed by atoms with Crippen molar-refractivity contribution in [3.05, 3.63) is 24.0 Å². The third kappa shape index (κ3) is 4.90. The molecular weight excluding hydrogens is 270 g/mol. The van der Waals surface area contributed by atoms with Crippen molar-refractivity contribution in [2.24, 2.45) is 0 Å². The van der Waals surface area contributed by atoms with Crippen molar-refractivity contribution in [2.75, 3.05) is 19.6 Å². The maximum absolute atomic E-state index is 12.0. The van der Waals surface area contributed by atoms with Crippen molar-refractivity contribution in [1.82, 2.24) is 15.2 Å². The minimum atomic E-state index is -0.494. The van der Waals surface area contributed by atoms with E-state index in [2.05, 4.69) is 10.3 Å². The van der Waals surface area contributed by atoms with E-state index in [9.17, 15) is 9.59 Å². The highest BCUT2D eigenvalue weighted by Crippen LogP contribution is 2.12. The number of H-pyrrole nitrogens is 1. The molecule has 1 saturated heterocycles. The molecule has 1 aromatic rings. The van der Waals surface area contributed by atoms with Gasteiger partial charge in [0.25, 0.3) is 0 Å². The van der Waals surface area contributed by atoms with Crippen LogP contribution in [0, 0.1) is 0 Å². The summed E-state index contributed by atoms with van der Waals surface area (Å²) in [4.78, 5) is 28.7. The molecule has 1 amide bonds. The van der Waals surface area contributed by atoms with Gasteiger partial charge >= 0.3 is 6.09 Å². The van der Waals surface area contributed by atoms with Crippen molar-refractivity contribution in [3.8, 4) is 0 Å². The molecule has 0 radical (unpaired) electrons. The number of ether oxygens (including phenoxy) is 1. The van der Waals surface area contributed by atoms with Crippen molar-refractivity contribution in [2.45, 2.75) is 38.8 Å². The fourth-order valence-corrected chi connectivity index (χ4v) is 2.36. The predicted octanol–water partition coefficient (Wildman–Crippen LogP) is 1.80. The number of nitrogens with zero attached hydrogens (tertiary/aromatic N) is 1. The summed E-state index contributed by atoms with van der Waals surface area (Å²) in [6, 6.07) is 3.62. The van der Waals surface area contributed by atoms with E-state index in [4.69, 9.17) is 4.74 Å². The molecule has 2 heterocycles. The van der Waals surface area contributed by atoms with E-state index in [1.54, 1.807) is 12.3 Å². The lowest BCUT2D eigenvalue weighted by molar-refractivity contribution is 0.0506. The summed E-state index contributed by atoms with van der Waals surface area (Å²) in [7, 11) is 0. The van der Waals surface area contributed by atoms with Crippen molar-refractivity contribution < 1.29 is 14.3 Å². The van der Waals surface area contributed by atoms with E-state index >= 15 is 0 Å². The molecule has 0 aromatic carbocycles. The van der Waals surface area contributed by atoms with Crippen LogP contribution in [0.15, 0.2) is 18.3 Å². The maximum Gasteiger partial charge on any atom is 0.407 e. The monoisotopic (exact) mass is 293 g/mol. The predicted molar refractivity (Wildman–Crippen MR) is 79.3 cm³/mol. The number of likely N-dealkylation sites (tertiary alicyclic amines) is 1. The number of amides is 1. The summed E-state index contributed by atoms with van der Waals surface area (Å²) in [5.41, 5.74) is 0.130. The molecule has 1 atom stereocenters. The molecule has 21 heavy (non-hydrogen) atoms. The van der Waals surface area contributed by atoms with Gasteiger partial charge in [-0.2, -0.15) is 0 Å². The Kier molecular flexibility index (Phi) is 4.67. The van der Waals surface area contributed by atoms with E-state index in [0.29, 0.717) is 18.8 Å². The van der Waals surface area contributed by atoms with Crippen LogP contribution in [0.5, 0.6) is 0 Å². The minimum Gasteiger partial charge on any atom is -0.444 e. The SMILES string of the molecule is CC(C)(C)OC(=O)N[C@H]1CCN(CC(=O)c2ccc[nH]2)C1. The number of hydrogen-bond donors (Lipinski definition) is 2. The fourth-order valence-electron chi connectivity index (χ4n) is 2.36. The average Bonchev–Trinajstić information content (AvgIpc) is 2.97. The van der Waals surface area contributed by atoms with Crippen LogP contribution < -0.4 is 5.32 Å². The number of Topliss-reactive ketones (excluding diaryl/α,β-unsaturated/α-hetero) is 1. The van der Waals surface area contributed by atoms with E-state index < -0.39 is 11.7 Å². The van der Waals surface area contributed by atoms with E-state index in [1.807, 2.05) is 31.7 Å². The molecule has 6 nitrogen and oxygen atoms in total. The standard InChI is InChI=1S/C15H23N3O3/c1-15(2,3)21-14(20)17-11-6-8-18(9-11)10-13(19)12-5-4-7-16-12/h4-5,7,11,16H,6,8-10H2,1-3H3,(H,17,20)/t11-/m0/s1. The molecule has 2 rings (SSSR count). The summed E-state index contributed by atoms with van der Waals surface area (Å²) in [6.45, 7) is 7.35. The number of rotatable bonds is 4. The van der Waals surface area contributed by atoms with E-state index in [1.165, 1.54) is 0 Å². The van der Waals surface area contributed by atoms with Crippen LogP contribution in [-0.4, -0.2) is 53.0 Å². The Labute approximate surface area is 124 Å². The van der Waals surface area contributed by atoms with Gasteiger partial charge in [-0.05, 0) is 39.3 Å². The van der Waals surface area contributed by atoms with E-state index in [-0.39, 0.29) is 11.8 Å². The fraction of sp³-hybridized carbons (Fsp3) is 0.600. The molecule has 0 spiro atoms. The zero-order valence-corrected chi connectivity index (χ0v) is 12.8.